The number of amides is 1. The van der Waals surface area contributed by atoms with Gasteiger partial charge in [-0.1, -0.05) is 6.07 Å². The molecule has 0 aliphatic heterocycles. The van der Waals surface area contributed by atoms with Crippen molar-refractivity contribution in [1.29, 1.82) is 0 Å². The lowest BCUT2D eigenvalue weighted by molar-refractivity contribution is -0.123. The van der Waals surface area contributed by atoms with E-state index in [4.69, 9.17) is 4.74 Å². The van der Waals surface area contributed by atoms with Crippen molar-refractivity contribution in [3.05, 3.63) is 42.0 Å². The molecule has 1 unspecified atom stereocenters. The third-order valence-corrected chi connectivity index (χ3v) is 3.56. The zero-order valence-electron chi connectivity index (χ0n) is 13.5. The summed E-state index contributed by atoms with van der Waals surface area (Å²) in [5.41, 5.74) is 1.67. The Balaban J connectivity index is 1.69. The quantitative estimate of drug-likeness (QED) is 0.614. The average Bonchev–Trinajstić information content (AvgIpc) is 3.07. The van der Waals surface area contributed by atoms with Gasteiger partial charge in [-0.2, -0.15) is 0 Å². The van der Waals surface area contributed by atoms with E-state index in [9.17, 15) is 14.7 Å². The molecule has 25 heavy (non-hydrogen) atoms. The van der Waals surface area contributed by atoms with Gasteiger partial charge in [-0.25, -0.2) is 19.7 Å². The molecule has 3 aromatic rings. The summed E-state index contributed by atoms with van der Waals surface area (Å²) < 4.78 is 5.13. The first kappa shape index (κ1) is 16.4. The van der Waals surface area contributed by atoms with Crippen molar-refractivity contribution in [2.75, 3.05) is 5.32 Å². The normalized spacial score (nSPS) is 11.9. The van der Waals surface area contributed by atoms with Crippen LogP contribution in [0.1, 0.15) is 22.8 Å². The number of phenols is 1. The van der Waals surface area contributed by atoms with Gasteiger partial charge in [0.2, 0.25) is 0 Å². The lowest BCUT2D eigenvalue weighted by Crippen LogP contribution is -2.30. The van der Waals surface area contributed by atoms with E-state index in [0.29, 0.717) is 16.7 Å². The molecule has 3 N–H and O–H groups in total. The van der Waals surface area contributed by atoms with E-state index in [1.165, 1.54) is 31.7 Å². The first-order valence-electron chi connectivity index (χ1n) is 7.41. The first-order valence-corrected chi connectivity index (χ1v) is 7.41. The highest BCUT2D eigenvalue weighted by molar-refractivity contribution is 6.00. The Hall–Kier alpha value is -3.49. The molecular weight excluding hydrogens is 326 g/mol. The number of rotatable bonds is 4. The third kappa shape index (κ3) is 3.39. The van der Waals surface area contributed by atoms with Crippen molar-refractivity contribution >= 4 is 28.9 Å². The van der Waals surface area contributed by atoms with Crippen LogP contribution in [0.2, 0.25) is 0 Å². The van der Waals surface area contributed by atoms with Gasteiger partial charge in [-0.05, 0) is 31.5 Å². The molecule has 3 rings (SSSR count). The number of imidazole rings is 1. The summed E-state index contributed by atoms with van der Waals surface area (Å²) in [5.74, 6) is -1.05. The molecule has 0 saturated carbocycles. The van der Waals surface area contributed by atoms with Crippen LogP contribution in [0.3, 0.4) is 0 Å². The third-order valence-electron chi connectivity index (χ3n) is 3.56. The largest absolute Gasteiger partial charge is 0.508 e. The Labute approximate surface area is 142 Å². The number of H-pyrrole nitrogens is 1. The molecule has 9 nitrogen and oxygen atoms in total. The minimum absolute atomic E-state index is 0.0193. The highest BCUT2D eigenvalue weighted by Crippen LogP contribution is 2.19. The molecule has 2 aromatic heterocycles. The summed E-state index contributed by atoms with van der Waals surface area (Å²) in [6, 6.07) is 4.40. The van der Waals surface area contributed by atoms with Crippen LogP contribution in [0.25, 0.3) is 11.2 Å². The average molecular weight is 341 g/mol. The molecule has 0 radical (unpaired) electrons. The monoisotopic (exact) mass is 341 g/mol. The number of fused-ring (bicyclic) bond motifs is 1. The number of aryl methyl sites for hydroxylation is 1. The number of nitrogens with one attached hydrogen (secondary N) is 2. The van der Waals surface area contributed by atoms with E-state index in [-0.39, 0.29) is 17.1 Å². The smallest absolute Gasteiger partial charge is 0.339 e. The van der Waals surface area contributed by atoms with Gasteiger partial charge >= 0.3 is 5.97 Å². The zero-order chi connectivity index (χ0) is 18.0. The number of nitrogens with zero attached hydrogens (tertiary/aromatic N) is 3. The molecule has 0 saturated heterocycles. The Bertz CT molecular complexity index is 953. The van der Waals surface area contributed by atoms with Gasteiger partial charge < -0.3 is 20.1 Å². The molecule has 0 fully saturated rings. The Kier molecular flexibility index (Phi) is 4.29. The van der Waals surface area contributed by atoms with Crippen LogP contribution in [0.5, 0.6) is 5.75 Å². The van der Waals surface area contributed by atoms with E-state index in [2.05, 4.69) is 25.3 Å². The van der Waals surface area contributed by atoms with E-state index < -0.39 is 18.0 Å². The molecule has 9 heteroatoms. The molecule has 1 amide bonds. The predicted molar refractivity (Wildman–Crippen MR) is 88.0 cm³/mol. The van der Waals surface area contributed by atoms with E-state index in [0.717, 1.165) is 0 Å². The number of hydrogen-bond donors (Lipinski definition) is 3. The molecule has 0 bridgehead atoms. The molecule has 0 spiro atoms. The second-order valence-electron chi connectivity index (χ2n) is 5.36. The fourth-order valence-corrected chi connectivity index (χ4v) is 2.10. The number of anilines is 1. The zero-order valence-corrected chi connectivity index (χ0v) is 13.5. The minimum atomic E-state index is -1.07. The standard InChI is InChI=1S/C16H15N5O4/c1-8-3-4-10(5-11(8)22)16(24)25-9(2)15(23)21-14-12-13(18-6-17-12)19-7-20-14/h3-7,9,22H,1-2H3,(H2,17,18,19,20,21,23). The van der Waals surface area contributed by atoms with Gasteiger partial charge in [0.25, 0.3) is 5.91 Å². The van der Waals surface area contributed by atoms with Gasteiger partial charge in [-0.3, -0.25) is 4.79 Å². The number of aromatic amines is 1. The summed E-state index contributed by atoms with van der Waals surface area (Å²) in [5, 5.41) is 12.2. The van der Waals surface area contributed by atoms with Gasteiger partial charge in [0, 0.05) is 0 Å². The molecule has 2 heterocycles. The Morgan fingerprint density at radius 2 is 2.08 bits per heavy atom. The molecule has 0 aliphatic carbocycles. The fourth-order valence-electron chi connectivity index (χ4n) is 2.10. The molecule has 1 atom stereocenters. The Morgan fingerprint density at radius 1 is 1.28 bits per heavy atom. The number of aromatic hydroxyl groups is 1. The highest BCUT2D eigenvalue weighted by Gasteiger charge is 2.21. The summed E-state index contributed by atoms with van der Waals surface area (Å²) in [6.45, 7) is 3.14. The number of benzene rings is 1. The summed E-state index contributed by atoms with van der Waals surface area (Å²) in [6.07, 6.45) is 1.64. The summed E-state index contributed by atoms with van der Waals surface area (Å²) >= 11 is 0. The maximum atomic E-state index is 12.2. The van der Waals surface area contributed by atoms with Crippen LogP contribution in [-0.4, -0.2) is 43.0 Å². The number of phenolic OH excluding ortho intramolecular Hbond substituents is 1. The Morgan fingerprint density at radius 3 is 2.84 bits per heavy atom. The van der Waals surface area contributed by atoms with Gasteiger partial charge in [0.1, 0.15) is 17.6 Å². The van der Waals surface area contributed by atoms with Crippen LogP contribution in [-0.2, 0) is 9.53 Å². The topological polar surface area (TPSA) is 130 Å². The van der Waals surface area contributed by atoms with Crippen molar-refractivity contribution in [3.63, 3.8) is 0 Å². The second-order valence-corrected chi connectivity index (χ2v) is 5.36. The lowest BCUT2D eigenvalue weighted by atomic mass is 10.1. The number of ether oxygens (including phenoxy) is 1. The van der Waals surface area contributed by atoms with Crippen molar-refractivity contribution in [1.82, 2.24) is 19.9 Å². The van der Waals surface area contributed by atoms with Crippen LogP contribution in [0.4, 0.5) is 5.82 Å². The molecule has 1 aromatic carbocycles. The van der Waals surface area contributed by atoms with E-state index in [1.807, 2.05) is 0 Å². The number of carbonyl (C=O) groups excluding carboxylic acids is 2. The predicted octanol–water partition coefficient (Wildman–Crippen LogP) is 1.55. The van der Waals surface area contributed by atoms with E-state index >= 15 is 0 Å². The van der Waals surface area contributed by atoms with Crippen LogP contribution in [0.15, 0.2) is 30.9 Å². The van der Waals surface area contributed by atoms with Gasteiger partial charge in [0.15, 0.2) is 17.6 Å². The van der Waals surface area contributed by atoms with E-state index in [1.54, 1.807) is 13.0 Å². The van der Waals surface area contributed by atoms with Crippen LogP contribution in [0, 0.1) is 6.92 Å². The lowest BCUT2D eigenvalue weighted by Gasteiger charge is -2.13. The maximum Gasteiger partial charge on any atom is 0.339 e. The van der Waals surface area contributed by atoms with Crippen LogP contribution >= 0.6 is 0 Å². The molecule has 0 aliphatic rings. The first-order chi connectivity index (χ1) is 12.0. The number of hydrogen-bond acceptors (Lipinski definition) is 7. The van der Waals surface area contributed by atoms with Crippen molar-refractivity contribution in [2.24, 2.45) is 0 Å². The van der Waals surface area contributed by atoms with Gasteiger partial charge in [-0.15, -0.1) is 0 Å². The number of aromatic nitrogens is 4. The number of carbonyl (C=O) groups is 2. The molecular formula is C16H15N5O4. The summed E-state index contributed by atoms with van der Waals surface area (Å²) in [4.78, 5) is 39.0. The van der Waals surface area contributed by atoms with Crippen molar-refractivity contribution in [3.8, 4) is 5.75 Å². The SMILES string of the molecule is Cc1ccc(C(=O)OC(C)C(=O)Nc2ncnc3nc[nH]c23)cc1O. The fraction of sp³-hybridized carbons (Fsp3) is 0.188. The summed E-state index contributed by atoms with van der Waals surface area (Å²) in [7, 11) is 0. The van der Waals surface area contributed by atoms with Gasteiger partial charge in [0.05, 0.1) is 11.9 Å². The maximum absolute atomic E-state index is 12.2. The van der Waals surface area contributed by atoms with Crippen molar-refractivity contribution < 1.29 is 19.4 Å². The van der Waals surface area contributed by atoms with Crippen LogP contribution < -0.4 is 5.32 Å². The van der Waals surface area contributed by atoms with Crippen molar-refractivity contribution in [2.45, 2.75) is 20.0 Å². The minimum Gasteiger partial charge on any atom is -0.508 e. The molecule has 128 valence electrons. The second kappa shape index (κ2) is 6.56. The highest BCUT2D eigenvalue weighted by atomic mass is 16.5. The number of esters is 1.